The minimum absolute atomic E-state index is 0.0195. The lowest BCUT2D eigenvalue weighted by atomic mass is 9.80. The first kappa shape index (κ1) is 27.4. The largest absolute Gasteiger partial charge is 0.478 e. The monoisotopic (exact) mass is 525 g/mol. The molecule has 4 rings (SSSR count). The number of carbonyl (C=O) groups is 1. The molecule has 3 aromatic carbocycles. The van der Waals surface area contributed by atoms with Crippen LogP contribution in [0.1, 0.15) is 54.0 Å². The number of carboxylic acids is 1. The lowest BCUT2D eigenvalue weighted by molar-refractivity contribution is -0.130. The van der Waals surface area contributed by atoms with Crippen LogP contribution in [0.4, 0.5) is 18.9 Å². The first-order valence-corrected chi connectivity index (χ1v) is 12.4. The number of fused-ring (bicyclic) bond motifs is 1. The van der Waals surface area contributed by atoms with Crippen LogP contribution in [0.3, 0.4) is 0 Å². The minimum Gasteiger partial charge on any atom is -0.478 e. The summed E-state index contributed by atoms with van der Waals surface area (Å²) in [6.07, 6.45) is 1.36. The van der Waals surface area contributed by atoms with Crippen molar-refractivity contribution in [1.29, 1.82) is 0 Å². The van der Waals surface area contributed by atoms with Crippen molar-refractivity contribution in [1.82, 2.24) is 5.32 Å². The van der Waals surface area contributed by atoms with Crippen molar-refractivity contribution in [2.24, 2.45) is 5.73 Å². The quantitative estimate of drug-likeness (QED) is 0.253. The second kappa shape index (κ2) is 11.0. The Hall–Kier alpha value is -3.66. The predicted molar refractivity (Wildman–Crippen MR) is 141 cm³/mol. The molecule has 6 N–H and O–H groups in total. The maximum Gasteiger partial charge on any atom is 0.336 e. The molecule has 6 nitrogen and oxygen atoms in total. The third kappa shape index (κ3) is 5.45. The average Bonchev–Trinajstić information content (AvgIpc) is 2.85. The number of hydrogen-bond acceptors (Lipinski definition) is 5. The fourth-order valence-corrected chi connectivity index (χ4v) is 5.03. The predicted octanol–water partition coefficient (Wildman–Crippen LogP) is 4.98. The Bertz CT molecular complexity index is 1380. The Balaban J connectivity index is 1.81. The number of hydrogen-bond donors (Lipinski definition) is 5. The van der Waals surface area contributed by atoms with E-state index in [9.17, 15) is 23.8 Å². The fraction of sp³-hybridized carbons (Fsp3) is 0.276. The molecular formula is C29H30F3N3O3. The van der Waals surface area contributed by atoms with Crippen LogP contribution in [0.5, 0.6) is 0 Å². The molecular weight excluding hydrogens is 495 g/mol. The van der Waals surface area contributed by atoms with Gasteiger partial charge in [0.25, 0.3) is 0 Å². The highest BCUT2D eigenvalue weighted by atomic mass is 19.1. The number of aliphatic carboxylic acids is 1. The molecule has 0 fully saturated rings. The van der Waals surface area contributed by atoms with Crippen LogP contribution >= 0.6 is 0 Å². The van der Waals surface area contributed by atoms with Crippen LogP contribution in [0, 0.1) is 17.5 Å². The molecule has 0 aromatic heterocycles. The van der Waals surface area contributed by atoms with Crippen molar-refractivity contribution in [2.75, 3.05) is 11.9 Å². The molecule has 3 aromatic rings. The number of aliphatic hydroxyl groups is 1. The minimum atomic E-state index is -2.50. The van der Waals surface area contributed by atoms with Gasteiger partial charge >= 0.3 is 5.97 Å². The molecule has 2 atom stereocenters. The normalized spacial score (nSPS) is 17.7. The van der Waals surface area contributed by atoms with Crippen LogP contribution < -0.4 is 16.4 Å². The average molecular weight is 526 g/mol. The first-order valence-electron chi connectivity index (χ1n) is 12.4. The highest BCUT2D eigenvalue weighted by Crippen LogP contribution is 2.45. The molecule has 0 bridgehead atoms. The van der Waals surface area contributed by atoms with E-state index in [1.165, 1.54) is 17.7 Å². The van der Waals surface area contributed by atoms with Crippen molar-refractivity contribution in [3.05, 3.63) is 99.9 Å². The number of halogens is 3. The molecule has 0 saturated heterocycles. The van der Waals surface area contributed by atoms with Gasteiger partial charge < -0.3 is 20.8 Å². The Morgan fingerprint density at radius 2 is 1.74 bits per heavy atom. The summed E-state index contributed by atoms with van der Waals surface area (Å²) in [5.41, 5.74) is 7.19. The van der Waals surface area contributed by atoms with Gasteiger partial charge in [-0.15, -0.1) is 0 Å². The molecule has 0 unspecified atom stereocenters. The summed E-state index contributed by atoms with van der Waals surface area (Å²) < 4.78 is 43.6. The SMILES string of the molecule is CCc1cccc(CNC[C@H](CC)c2c(F)ccc3c2C(C(=O)O)=C(c2cc(F)cc(F)c2)[C@@](N)(O)N3)c1. The van der Waals surface area contributed by atoms with Gasteiger partial charge in [-0.25, -0.2) is 18.0 Å². The van der Waals surface area contributed by atoms with E-state index in [0.717, 1.165) is 24.1 Å². The van der Waals surface area contributed by atoms with Crippen LogP contribution in [-0.2, 0) is 17.8 Å². The molecule has 0 aliphatic carbocycles. The zero-order chi connectivity index (χ0) is 27.6. The summed E-state index contributed by atoms with van der Waals surface area (Å²) >= 11 is 0. The number of aryl methyl sites for hydroxylation is 1. The summed E-state index contributed by atoms with van der Waals surface area (Å²) in [5.74, 6) is -7.10. The number of nitrogens with one attached hydrogen (secondary N) is 2. The number of rotatable bonds is 9. The van der Waals surface area contributed by atoms with Crippen molar-refractivity contribution in [3.8, 4) is 0 Å². The first-order chi connectivity index (χ1) is 18.1. The van der Waals surface area contributed by atoms with Crippen LogP contribution in [0.2, 0.25) is 0 Å². The summed E-state index contributed by atoms with van der Waals surface area (Å²) in [7, 11) is 0. The molecule has 0 spiro atoms. The Labute approximate surface area is 219 Å². The number of anilines is 1. The van der Waals surface area contributed by atoms with Gasteiger partial charge in [0.2, 0.25) is 5.85 Å². The molecule has 200 valence electrons. The van der Waals surface area contributed by atoms with Gasteiger partial charge in [0.15, 0.2) is 0 Å². The highest BCUT2D eigenvalue weighted by molar-refractivity contribution is 6.27. The van der Waals surface area contributed by atoms with Crippen molar-refractivity contribution in [2.45, 2.75) is 45.0 Å². The molecule has 9 heteroatoms. The van der Waals surface area contributed by atoms with Gasteiger partial charge in [-0.1, -0.05) is 38.1 Å². The summed E-state index contributed by atoms with van der Waals surface area (Å²) in [4.78, 5) is 12.6. The molecule has 38 heavy (non-hydrogen) atoms. The molecule has 0 amide bonds. The van der Waals surface area contributed by atoms with Gasteiger partial charge in [0.1, 0.15) is 17.5 Å². The van der Waals surface area contributed by atoms with E-state index >= 15 is 4.39 Å². The fourth-order valence-electron chi connectivity index (χ4n) is 5.03. The van der Waals surface area contributed by atoms with Crippen LogP contribution in [0.15, 0.2) is 54.6 Å². The lowest BCUT2D eigenvalue weighted by Crippen LogP contribution is -2.51. The highest BCUT2D eigenvalue weighted by Gasteiger charge is 2.42. The van der Waals surface area contributed by atoms with Crippen LogP contribution in [-0.4, -0.2) is 28.6 Å². The lowest BCUT2D eigenvalue weighted by Gasteiger charge is -2.37. The van der Waals surface area contributed by atoms with Gasteiger partial charge in [0, 0.05) is 41.5 Å². The molecule has 1 aliphatic rings. The summed E-state index contributed by atoms with van der Waals surface area (Å²) in [6, 6.07) is 12.9. The number of benzene rings is 3. The zero-order valence-corrected chi connectivity index (χ0v) is 21.1. The van der Waals surface area contributed by atoms with Gasteiger partial charge in [-0.3, -0.25) is 5.73 Å². The van der Waals surface area contributed by atoms with Gasteiger partial charge in [-0.05, 0) is 59.7 Å². The summed E-state index contributed by atoms with van der Waals surface area (Å²) in [6.45, 7) is 4.77. The Kier molecular flexibility index (Phi) is 7.91. The van der Waals surface area contributed by atoms with Crippen molar-refractivity contribution in [3.63, 3.8) is 0 Å². The summed E-state index contributed by atoms with van der Waals surface area (Å²) in [5, 5.41) is 27.2. The maximum absolute atomic E-state index is 15.5. The Morgan fingerprint density at radius 3 is 2.37 bits per heavy atom. The van der Waals surface area contributed by atoms with Gasteiger partial charge in [-0.2, -0.15) is 0 Å². The van der Waals surface area contributed by atoms with Crippen LogP contribution in [0.25, 0.3) is 11.1 Å². The number of nitrogens with two attached hydrogens (primary N) is 1. The third-order valence-electron chi connectivity index (χ3n) is 6.78. The van der Waals surface area contributed by atoms with E-state index in [1.54, 1.807) is 0 Å². The van der Waals surface area contributed by atoms with E-state index in [4.69, 9.17) is 5.73 Å². The standard InChI is InChI=1S/C29H30F3N3O3/c1-3-16-6-5-7-17(10-16)14-34-15-18(4-2)24-22(32)8-9-23-25(24)26(28(36)37)27(29(33,38)35-23)19-11-20(30)13-21(31)12-19/h5-13,18,34-35,38H,3-4,14-15,33H2,1-2H3,(H,36,37)/t18-,29-/m0/s1. The van der Waals surface area contributed by atoms with Crippen molar-refractivity contribution < 1.29 is 28.2 Å². The third-order valence-corrected chi connectivity index (χ3v) is 6.78. The molecule has 0 radical (unpaired) electrons. The van der Waals surface area contributed by atoms with E-state index in [1.807, 2.05) is 25.1 Å². The molecule has 1 aliphatic heterocycles. The van der Waals surface area contributed by atoms with E-state index in [0.29, 0.717) is 25.6 Å². The maximum atomic E-state index is 15.5. The zero-order valence-electron chi connectivity index (χ0n) is 21.1. The topological polar surface area (TPSA) is 108 Å². The number of carboxylic acid groups (broad SMARTS) is 1. The van der Waals surface area contributed by atoms with E-state index in [-0.39, 0.29) is 22.4 Å². The molecule has 1 heterocycles. The second-order valence-electron chi connectivity index (χ2n) is 9.40. The smallest absolute Gasteiger partial charge is 0.336 e. The Morgan fingerprint density at radius 1 is 1.05 bits per heavy atom. The van der Waals surface area contributed by atoms with Gasteiger partial charge in [0.05, 0.1) is 5.57 Å². The van der Waals surface area contributed by atoms with E-state index < -0.39 is 46.3 Å². The van der Waals surface area contributed by atoms with Crippen molar-refractivity contribution >= 4 is 22.8 Å². The van der Waals surface area contributed by atoms with E-state index in [2.05, 4.69) is 23.6 Å². The molecule has 0 saturated carbocycles. The second-order valence-corrected chi connectivity index (χ2v) is 9.40.